The van der Waals surface area contributed by atoms with Crippen molar-refractivity contribution in [2.24, 2.45) is 11.8 Å². The minimum atomic E-state index is 0.185. The van der Waals surface area contributed by atoms with Crippen LogP contribution in [0.1, 0.15) is 70.3 Å². The van der Waals surface area contributed by atoms with Gasteiger partial charge in [0.25, 0.3) is 0 Å². The normalized spacial score (nSPS) is 20.1. The summed E-state index contributed by atoms with van der Waals surface area (Å²) in [5.41, 5.74) is 1.87. The molecule has 1 N–H and O–H groups in total. The first kappa shape index (κ1) is 19.7. The molecule has 1 aliphatic heterocycles. The van der Waals surface area contributed by atoms with Crippen molar-refractivity contribution in [1.82, 2.24) is 5.32 Å². The number of piperidine rings is 1. The van der Waals surface area contributed by atoms with Crippen LogP contribution in [0.5, 0.6) is 0 Å². The average molecular weight is 368 g/mol. The van der Waals surface area contributed by atoms with Crippen LogP contribution in [0.15, 0.2) is 24.3 Å². The highest BCUT2D eigenvalue weighted by Crippen LogP contribution is 2.30. The third kappa shape index (κ3) is 5.48. The van der Waals surface area contributed by atoms with Crippen LogP contribution >= 0.6 is 0 Å². The zero-order valence-corrected chi connectivity index (χ0v) is 16.6. The Morgan fingerprint density at radius 3 is 2.41 bits per heavy atom. The second kappa shape index (κ2) is 9.78. The predicted octanol–water partition coefficient (Wildman–Crippen LogP) is 4.64. The van der Waals surface area contributed by atoms with E-state index in [1.54, 1.807) is 0 Å². The van der Waals surface area contributed by atoms with Crippen molar-refractivity contribution in [3.63, 3.8) is 0 Å². The molecular formula is C23H33N3O. The van der Waals surface area contributed by atoms with E-state index in [9.17, 15) is 4.79 Å². The molecule has 0 spiro atoms. The molecule has 1 aromatic carbocycles. The van der Waals surface area contributed by atoms with Crippen LogP contribution in [0.25, 0.3) is 0 Å². The van der Waals surface area contributed by atoms with E-state index in [1.165, 1.54) is 37.8 Å². The smallest absolute Gasteiger partial charge is 0.223 e. The summed E-state index contributed by atoms with van der Waals surface area (Å²) in [5.74, 6) is 1.22. The molecule has 0 radical (unpaired) electrons. The number of anilines is 1. The van der Waals surface area contributed by atoms with Gasteiger partial charge in [-0.1, -0.05) is 39.0 Å². The maximum Gasteiger partial charge on any atom is 0.223 e. The Morgan fingerprint density at radius 2 is 1.81 bits per heavy atom. The molecule has 3 rings (SSSR count). The van der Waals surface area contributed by atoms with Gasteiger partial charge in [-0.05, 0) is 55.9 Å². The summed E-state index contributed by atoms with van der Waals surface area (Å²) in [6.45, 7) is 4.06. The van der Waals surface area contributed by atoms with E-state index in [0.717, 1.165) is 44.7 Å². The lowest BCUT2D eigenvalue weighted by Gasteiger charge is -2.35. The molecule has 1 aliphatic carbocycles. The van der Waals surface area contributed by atoms with Crippen molar-refractivity contribution in [3.05, 3.63) is 29.8 Å². The number of carbonyl (C=O) groups is 1. The Balaban J connectivity index is 1.45. The molecule has 146 valence electrons. The molecule has 1 saturated carbocycles. The zero-order chi connectivity index (χ0) is 19.1. The predicted molar refractivity (Wildman–Crippen MR) is 110 cm³/mol. The number of nitrogens with one attached hydrogen (secondary N) is 1. The summed E-state index contributed by atoms with van der Waals surface area (Å²) in [5, 5.41) is 12.3. The first-order valence-electron chi connectivity index (χ1n) is 10.7. The Labute approximate surface area is 163 Å². The standard InChI is InChI=1S/C23H33N3O/c1-2-20(16-18-6-4-3-5-7-18)23(27)25-21-12-14-26(15-13-21)22-10-8-19(17-24)9-11-22/h8-11,18,20-21H,2-7,12-16H2,1H3,(H,25,27). The number of carbonyl (C=O) groups excluding carboxylic acids is 1. The third-order valence-electron chi connectivity index (χ3n) is 6.41. The van der Waals surface area contributed by atoms with Gasteiger partial charge in [-0.15, -0.1) is 0 Å². The molecule has 1 atom stereocenters. The Hall–Kier alpha value is -2.02. The van der Waals surface area contributed by atoms with Crippen LogP contribution in [0.2, 0.25) is 0 Å². The van der Waals surface area contributed by atoms with E-state index in [0.29, 0.717) is 11.6 Å². The van der Waals surface area contributed by atoms with E-state index in [-0.39, 0.29) is 11.8 Å². The third-order valence-corrected chi connectivity index (χ3v) is 6.41. The Morgan fingerprint density at radius 1 is 1.15 bits per heavy atom. The summed E-state index contributed by atoms with van der Waals surface area (Å²) in [6, 6.07) is 10.3. The van der Waals surface area contributed by atoms with Crippen LogP contribution in [0.4, 0.5) is 5.69 Å². The van der Waals surface area contributed by atoms with Gasteiger partial charge in [-0.2, -0.15) is 5.26 Å². The van der Waals surface area contributed by atoms with Crippen molar-refractivity contribution >= 4 is 11.6 Å². The summed E-state index contributed by atoms with van der Waals surface area (Å²) in [7, 11) is 0. The van der Waals surface area contributed by atoms with Gasteiger partial charge in [0.15, 0.2) is 0 Å². The second-order valence-electron chi connectivity index (χ2n) is 8.27. The van der Waals surface area contributed by atoms with Crippen molar-refractivity contribution in [1.29, 1.82) is 5.26 Å². The maximum atomic E-state index is 12.8. The number of hydrogen-bond acceptors (Lipinski definition) is 3. The molecule has 1 amide bonds. The van der Waals surface area contributed by atoms with Crippen molar-refractivity contribution in [2.45, 2.75) is 70.8 Å². The maximum absolute atomic E-state index is 12.8. The number of hydrogen-bond donors (Lipinski definition) is 1. The zero-order valence-electron chi connectivity index (χ0n) is 16.6. The van der Waals surface area contributed by atoms with Crippen LogP contribution < -0.4 is 10.2 Å². The van der Waals surface area contributed by atoms with E-state index >= 15 is 0 Å². The first-order valence-corrected chi connectivity index (χ1v) is 10.7. The van der Waals surface area contributed by atoms with Gasteiger partial charge >= 0.3 is 0 Å². The molecule has 1 unspecified atom stereocenters. The summed E-state index contributed by atoms with van der Waals surface area (Å²) >= 11 is 0. The minimum Gasteiger partial charge on any atom is -0.371 e. The molecular weight excluding hydrogens is 334 g/mol. The van der Waals surface area contributed by atoms with Crippen molar-refractivity contribution in [2.75, 3.05) is 18.0 Å². The van der Waals surface area contributed by atoms with Gasteiger partial charge in [0, 0.05) is 30.7 Å². The molecule has 2 aliphatic rings. The monoisotopic (exact) mass is 367 g/mol. The van der Waals surface area contributed by atoms with Crippen molar-refractivity contribution in [3.8, 4) is 6.07 Å². The van der Waals surface area contributed by atoms with Crippen LogP contribution in [-0.2, 0) is 4.79 Å². The fourth-order valence-electron chi connectivity index (χ4n) is 4.63. The Kier molecular flexibility index (Phi) is 7.15. The molecule has 0 aromatic heterocycles. The minimum absolute atomic E-state index is 0.185. The average Bonchev–Trinajstić information content (AvgIpc) is 2.73. The number of rotatable bonds is 6. The lowest BCUT2D eigenvalue weighted by atomic mass is 9.81. The molecule has 2 fully saturated rings. The largest absolute Gasteiger partial charge is 0.371 e. The number of amides is 1. The van der Waals surface area contributed by atoms with E-state index in [2.05, 4.69) is 23.2 Å². The highest BCUT2D eigenvalue weighted by molar-refractivity contribution is 5.79. The molecule has 4 nitrogen and oxygen atoms in total. The van der Waals surface area contributed by atoms with Gasteiger partial charge in [0.05, 0.1) is 11.6 Å². The fraction of sp³-hybridized carbons (Fsp3) is 0.652. The molecule has 1 aromatic rings. The van der Waals surface area contributed by atoms with Crippen molar-refractivity contribution < 1.29 is 4.79 Å². The van der Waals surface area contributed by atoms with Gasteiger partial charge in [-0.3, -0.25) is 4.79 Å². The van der Waals surface area contributed by atoms with Crippen LogP contribution in [-0.4, -0.2) is 25.0 Å². The van der Waals surface area contributed by atoms with Crippen LogP contribution in [0, 0.1) is 23.2 Å². The molecule has 27 heavy (non-hydrogen) atoms. The molecule has 4 heteroatoms. The molecule has 1 saturated heterocycles. The highest BCUT2D eigenvalue weighted by Gasteiger charge is 2.26. The summed E-state index contributed by atoms with van der Waals surface area (Å²) in [6.07, 6.45) is 10.7. The SMILES string of the molecule is CCC(CC1CCCCC1)C(=O)NC1CCN(c2ccc(C#N)cc2)CC1. The Bertz CT molecular complexity index is 635. The van der Waals surface area contributed by atoms with E-state index in [1.807, 2.05) is 24.3 Å². The number of nitrogens with zero attached hydrogens (tertiary/aromatic N) is 2. The summed E-state index contributed by atoms with van der Waals surface area (Å²) in [4.78, 5) is 15.1. The fourth-order valence-corrected chi connectivity index (χ4v) is 4.63. The lowest BCUT2D eigenvalue weighted by Crippen LogP contribution is -2.46. The van der Waals surface area contributed by atoms with E-state index < -0.39 is 0 Å². The lowest BCUT2D eigenvalue weighted by molar-refractivity contribution is -0.126. The topological polar surface area (TPSA) is 56.1 Å². The van der Waals surface area contributed by atoms with Gasteiger partial charge in [0.1, 0.15) is 0 Å². The number of nitriles is 1. The van der Waals surface area contributed by atoms with Gasteiger partial charge in [-0.25, -0.2) is 0 Å². The van der Waals surface area contributed by atoms with Gasteiger partial charge in [0.2, 0.25) is 5.91 Å². The molecule has 0 bridgehead atoms. The second-order valence-corrected chi connectivity index (χ2v) is 8.27. The molecule has 1 heterocycles. The quantitative estimate of drug-likeness (QED) is 0.797. The first-order chi connectivity index (χ1) is 13.2. The van der Waals surface area contributed by atoms with Crippen LogP contribution in [0.3, 0.4) is 0 Å². The van der Waals surface area contributed by atoms with E-state index in [4.69, 9.17) is 5.26 Å². The van der Waals surface area contributed by atoms with Gasteiger partial charge < -0.3 is 10.2 Å². The highest BCUT2D eigenvalue weighted by atomic mass is 16.1. The summed E-state index contributed by atoms with van der Waals surface area (Å²) < 4.78 is 0. The number of benzene rings is 1.